The summed E-state index contributed by atoms with van der Waals surface area (Å²) >= 11 is 3.36. The molecule has 18 heavy (non-hydrogen) atoms. The lowest BCUT2D eigenvalue weighted by molar-refractivity contribution is -0.385. The van der Waals surface area contributed by atoms with Crippen LogP contribution < -0.4 is 10.2 Å². The number of nitrogens with zero attached hydrogens (tertiary/aromatic N) is 3. The molecule has 1 aromatic rings. The normalized spacial score (nSPS) is 19.2. The minimum atomic E-state index is -0.435. The van der Waals surface area contributed by atoms with E-state index in [4.69, 9.17) is 0 Å². The van der Waals surface area contributed by atoms with Gasteiger partial charge in [-0.15, -0.1) is 0 Å². The van der Waals surface area contributed by atoms with Crippen molar-refractivity contribution in [1.82, 2.24) is 10.3 Å². The van der Waals surface area contributed by atoms with Crippen molar-refractivity contribution in [3.8, 4) is 0 Å². The quantitative estimate of drug-likeness (QED) is 0.677. The molecule has 2 heterocycles. The van der Waals surface area contributed by atoms with Gasteiger partial charge in [-0.2, -0.15) is 0 Å². The summed E-state index contributed by atoms with van der Waals surface area (Å²) in [5, 5.41) is 13.8. The first kappa shape index (κ1) is 13.2. The maximum Gasteiger partial charge on any atom is 0.288 e. The van der Waals surface area contributed by atoms with E-state index in [1.54, 1.807) is 0 Å². The zero-order chi connectivity index (χ0) is 13.1. The van der Waals surface area contributed by atoms with Crippen LogP contribution in [-0.4, -0.2) is 36.6 Å². The molecule has 0 spiro atoms. The van der Waals surface area contributed by atoms with E-state index in [1.807, 2.05) is 7.05 Å². The molecule has 1 fully saturated rings. The Morgan fingerprint density at radius 3 is 3.11 bits per heavy atom. The van der Waals surface area contributed by atoms with Crippen LogP contribution in [0.3, 0.4) is 0 Å². The van der Waals surface area contributed by atoms with Gasteiger partial charge in [-0.05, 0) is 41.9 Å². The summed E-state index contributed by atoms with van der Waals surface area (Å²) in [5.74, 6) is 1.40. The van der Waals surface area contributed by atoms with Gasteiger partial charge in [-0.3, -0.25) is 10.1 Å². The molecule has 1 atom stereocenters. The van der Waals surface area contributed by atoms with Crippen molar-refractivity contribution in [1.29, 1.82) is 0 Å². The zero-order valence-electron chi connectivity index (χ0n) is 10.1. The summed E-state index contributed by atoms with van der Waals surface area (Å²) in [5.41, 5.74) is 0.0107. The molecule has 1 N–H and O–H groups in total. The van der Waals surface area contributed by atoms with Crippen LogP contribution in [0.4, 0.5) is 11.5 Å². The highest BCUT2D eigenvalue weighted by molar-refractivity contribution is 9.10. The number of aromatic nitrogens is 1. The molecule has 1 unspecified atom stereocenters. The first-order valence-electron chi connectivity index (χ1n) is 5.81. The van der Waals surface area contributed by atoms with E-state index in [2.05, 4.69) is 31.1 Å². The lowest BCUT2D eigenvalue weighted by Gasteiger charge is -2.18. The van der Waals surface area contributed by atoms with E-state index in [0.717, 1.165) is 31.9 Å². The molecule has 0 radical (unpaired) electrons. The molecule has 0 bridgehead atoms. The number of pyridine rings is 1. The summed E-state index contributed by atoms with van der Waals surface area (Å²) in [6, 6.07) is 1.51. The third-order valence-electron chi connectivity index (χ3n) is 3.10. The van der Waals surface area contributed by atoms with Crippen molar-refractivity contribution in [2.75, 3.05) is 31.6 Å². The van der Waals surface area contributed by atoms with Gasteiger partial charge in [0.2, 0.25) is 0 Å². The number of hydrogen-bond donors (Lipinski definition) is 1. The van der Waals surface area contributed by atoms with Crippen molar-refractivity contribution in [2.24, 2.45) is 5.92 Å². The summed E-state index contributed by atoms with van der Waals surface area (Å²) in [6.45, 7) is 2.86. The Morgan fingerprint density at radius 2 is 2.50 bits per heavy atom. The molecule has 1 aliphatic rings. The lowest BCUT2D eigenvalue weighted by atomic mass is 10.1. The largest absolute Gasteiger partial charge is 0.355 e. The fourth-order valence-corrected chi connectivity index (χ4v) is 2.82. The first-order valence-corrected chi connectivity index (χ1v) is 6.60. The van der Waals surface area contributed by atoms with E-state index in [9.17, 15) is 10.1 Å². The van der Waals surface area contributed by atoms with Gasteiger partial charge in [0.05, 0.1) is 9.40 Å². The smallest absolute Gasteiger partial charge is 0.288 e. The first-order chi connectivity index (χ1) is 8.61. The minimum absolute atomic E-state index is 0.0107. The average Bonchev–Trinajstić information content (AvgIpc) is 2.77. The predicted molar refractivity (Wildman–Crippen MR) is 72.8 cm³/mol. The van der Waals surface area contributed by atoms with Gasteiger partial charge in [0.1, 0.15) is 12.0 Å². The second-order valence-electron chi connectivity index (χ2n) is 4.41. The van der Waals surface area contributed by atoms with Crippen LogP contribution in [0.15, 0.2) is 16.7 Å². The van der Waals surface area contributed by atoms with Crippen molar-refractivity contribution >= 4 is 27.4 Å². The Hall–Kier alpha value is -1.21. The van der Waals surface area contributed by atoms with Crippen LogP contribution in [0.1, 0.15) is 6.42 Å². The predicted octanol–water partition coefficient (Wildman–Crippen LogP) is 1.80. The van der Waals surface area contributed by atoms with Crippen LogP contribution >= 0.6 is 15.9 Å². The molecule has 7 heteroatoms. The number of rotatable bonds is 4. The van der Waals surface area contributed by atoms with Gasteiger partial charge in [0.15, 0.2) is 0 Å². The Morgan fingerprint density at radius 1 is 1.72 bits per heavy atom. The minimum Gasteiger partial charge on any atom is -0.355 e. The van der Waals surface area contributed by atoms with Gasteiger partial charge in [0.25, 0.3) is 5.69 Å². The molecular formula is C11H15BrN4O2. The van der Waals surface area contributed by atoms with Crippen LogP contribution in [-0.2, 0) is 0 Å². The molecule has 2 rings (SSSR count). The van der Waals surface area contributed by atoms with E-state index in [-0.39, 0.29) is 5.69 Å². The SMILES string of the molecule is CNCC1CCN(c2ncc([N+](=O)[O-])cc2Br)C1. The number of nitro groups is 1. The molecule has 98 valence electrons. The fourth-order valence-electron chi connectivity index (χ4n) is 2.23. The van der Waals surface area contributed by atoms with Crippen LogP contribution in [0.25, 0.3) is 0 Å². The highest BCUT2D eigenvalue weighted by Gasteiger charge is 2.25. The Balaban J connectivity index is 2.12. The van der Waals surface area contributed by atoms with Crippen molar-refractivity contribution in [3.63, 3.8) is 0 Å². The van der Waals surface area contributed by atoms with Gasteiger partial charge >= 0.3 is 0 Å². The topological polar surface area (TPSA) is 71.3 Å². The summed E-state index contributed by atoms with van der Waals surface area (Å²) in [6.07, 6.45) is 2.43. The second-order valence-corrected chi connectivity index (χ2v) is 5.27. The van der Waals surface area contributed by atoms with Gasteiger partial charge < -0.3 is 10.2 Å². The summed E-state index contributed by atoms with van der Waals surface area (Å²) in [4.78, 5) is 16.6. The number of nitrogens with one attached hydrogen (secondary N) is 1. The molecule has 1 aliphatic heterocycles. The van der Waals surface area contributed by atoms with Crippen molar-refractivity contribution < 1.29 is 4.92 Å². The molecule has 1 saturated heterocycles. The third kappa shape index (κ3) is 2.78. The van der Waals surface area contributed by atoms with E-state index >= 15 is 0 Å². The Labute approximate surface area is 114 Å². The maximum atomic E-state index is 10.6. The van der Waals surface area contributed by atoms with Crippen molar-refractivity contribution in [3.05, 3.63) is 26.9 Å². The van der Waals surface area contributed by atoms with Gasteiger partial charge in [0, 0.05) is 19.2 Å². The highest BCUT2D eigenvalue weighted by Crippen LogP contribution is 2.30. The van der Waals surface area contributed by atoms with Crippen LogP contribution in [0.2, 0.25) is 0 Å². The molecule has 6 nitrogen and oxygen atoms in total. The van der Waals surface area contributed by atoms with E-state index < -0.39 is 4.92 Å². The third-order valence-corrected chi connectivity index (χ3v) is 3.68. The van der Waals surface area contributed by atoms with E-state index in [1.165, 1.54) is 12.3 Å². The lowest BCUT2D eigenvalue weighted by Crippen LogP contribution is -2.25. The van der Waals surface area contributed by atoms with Crippen LogP contribution in [0.5, 0.6) is 0 Å². The maximum absolute atomic E-state index is 10.6. The molecule has 0 saturated carbocycles. The fraction of sp³-hybridized carbons (Fsp3) is 0.545. The Kier molecular flexibility index (Phi) is 4.13. The molecule has 0 amide bonds. The zero-order valence-corrected chi connectivity index (χ0v) is 11.7. The highest BCUT2D eigenvalue weighted by atomic mass is 79.9. The average molecular weight is 315 g/mol. The van der Waals surface area contributed by atoms with Crippen LogP contribution in [0, 0.1) is 16.0 Å². The number of anilines is 1. The monoisotopic (exact) mass is 314 g/mol. The van der Waals surface area contributed by atoms with E-state index in [0.29, 0.717) is 10.4 Å². The number of halogens is 1. The van der Waals surface area contributed by atoms with Gasteiger partial charge in [-0.1, -0.05) is 0 Å². The Bertz CT molecular complexity index is 455. The molecular weight excluding hydrogens is 300 g/mol. The summed E-state index contributed by atoms with van der Waals surface area (Å²) in [7, 11) is 1.95. The number of hydrogen-bond acceptors (Lipinski definition) is 5. The second kappa shape index (κ2) is 5.62. The molecule has 0 aliphatic carbocycles. The summed E-state index contributed by atoms with van der Waals surface area (Å²) < 4.78 is 0.682. The molecule has 1 aromatic heterocycles. The molecule has 0 aromatic carbocycles. The van der Waals surface area contributed by atoms with Gasteiger partial charge in [-0.25, -0.2) is 4.98 Å². The standard InChI is InChI=1S/C11H15BrN4O2/c1-13-5-8-2-3-15(7-8)11-10(12)4-9(6-14-11)16(17)18/h4,6,8,13H,2-3,5,7H2,1H3. The van der Waals surface area contributed by atoms with Crippen molar-refractivity contribution in [2.45, 2.75) is 6.42 Å².